The van der Waals surface area contributed by atoms with Crippen molar-refractivity contribution in [2.45, 2.75) is 52.7 Å². The minimum absolute atomic E-state index is 0.418. The topological polar surface area (TPSA) is 21.3 Å². The van der Waals surface area contributed by atoms with E-state index in [2.05, 4.69) is 39.1 Å². The van der Waals surface area contributed by atoms with Gasteiger partial charge in [0.1, 0.15) is 0 Å². The molecule has 0 aromatic carbocycles. The largest absolute Gasteiger partial charge is 0.378 e. The van der Waals surface area contributed by atoms with Gasteiger partial charge in [0, 0.05) is 21.7 Å². The number of thiophene rings is 1. The molecule has 0 bridgehead atoms. The summed E-state index contributed by atoms with van der Waals surface area (Å²) in [6.45, 7) is 10.8. The maximum absolute atomic E-state index is 5.76. The van der Waals surface area contributed by atoms with Gasteiger partial charge < -0.3 is 10.1 Å². The summed E-state index contributed by atoms with van der Waals surface area (Å²) in [4.78, 5) is 2.87. The first-order valence-electron chi connectivity index (χ1n) is 7.03. The fourth-order valence-electron chi connectivity index (χ4n) is 2.87. The van der Waals surface area contributed by atoms with Gasteiger partial charge in [0.2, 0.25) is 0 Å². The van der Waals surface area contributed by atoms with E-state index in [-0.39, 0.29) is 0 Å². The minimum Gasteiger partial charge on any atom is -0.378 e. The van der Waals surface area contributed by atoms with Gasteiger partial charge in [0.05, 0.1) is 12.7 Å². The van der Waals surface area contributed by atoms with E-state index < -0.39 is 0 Å². The van der Waals surface area contributed by atoms with Gasteiger partial charge >= 0.3 is 0 Å². The van der Waals surface area contributed by atoms with Crippen LogP contribution in [0.3, 0.4) is 0 Å². The molecular formula is C15H25NOS. The van der Waals surface area contributed by atoms with Crippen LogP contribution in [0.2, 0.25) is 0 Å². The van der Waals surface area contributed by atoms with Crippen molar-refractivity contribution in [3.63, 3.8) is 0 Å². The summed E-state index contributed by atoms with van der Waals surface area (Å²) in [5, 5.41) is 3.73. The molecule has 3 unspecified atom stereocenters. The quantitative estimate of drug-likeness (QED) is 0.875. The Morgan fingerprint density at radius 3 is 2.78 bits per heavy atom. The highest BCUT2D eigenvalue weighted by atomic mass is 32.1. The molecular weight excluding hydrogens is 242 g/mol. The number of aryl methyl sites for hydroxylation is 2. The molecule has 1 aliphatic heterocycles. The monoisotopic (exact) mass is 267 g/mol. The fourth-order valence-corrected chi connectivity index (χ4v) is 3.84. The summed E-state index contributed by atoms with van der Waals surface area (Å²) in [6.07, 6.45) is 2.78. The summed E-state index contributed by atoms with van der Waals surface area (Å²) >= 11 is 1.91. The lowest BCUT2D eigenvalue weighted by atomic mass is 9.91. The fraction of sp³-hybridized carbons (Fsp3) is 0.733. The highest BCUT2D eigenvalue weighted by Gasteiger charge is 2.31. The van der Waals surface area contributed by atoms with Crippen LogP contribution >= 0.6 is 11.3 Å². The predicted molar refractivity (Wildman–Crippen MR) is 78.3 cm³/mol. The van der Waals surface area contributed by atoms with E-state index in [1.165, 1.54) is 28.2 Å². The van der Waals surface area contributed by atoms with Gasteiger partial charge in [-0.05, 0) is 51.8 Å². The summed E-state index contributed by atoms with van der Waals surface area (Å²) in [6, 6.07) is 2.83. The molecule has 102 valence electrons. The third kappa shape index (κ3) is 3.14. The summed E-state index contributed by atoms with van der Waals surface area (Å²) in [5.41, 5.74) is 1.49. The van der Waals surface area contributed by atoms with Crippen molar-refractivity contribution in [1.29, 1.82) is 0 Å². The molecule has 0 radical (unpaired) electrons. The maximum Gasteiger partial charge on any atom is 0.0551 e. The first-order valence-corrected chi connectivity index (χ1v) is 7.85. The Kier molecular flexibility index (Phi) is 4.82. The average Bonchev–Trinajstić information content (AvgIpc) is 2.87. The summed E-state index contributed by atoms with van der Waals surface area (Å²) in [5.74, 6) is 0.624. The van der Waals surface area contributed by atoms with E-state index in [4.69, 9.17) is 4.74 Å². The maximum atomic E-state index is 5.76. The van der Waals surface area contributed by atoms with Crippen LogP contribution in [0.4, 0.5) is 0 Å². The minimum atomic E-state index is 0.418. The van der Waals surface area contributed by atoms with Gasteiger partial charge in [-0.15, -0.1) is 11.3 Å². The third-order valence-corrected chi connectivity index (χ3v) is 4.71. The molecule has 1 fully saturated rings. The van der Waals surface area contributed by atoms with Crippen molar-refractivity contribution in [1.82, 2.24) is 5.32 Å². The molecule has 18 heavy (non-hydrogen) atoms. The second-order valence-electron chi connectivity index (χ2n) is 5.44. The van der Waals surface area contributed by atoms with Crippen LogP contribution < -0.4 is 5.32 Å². The standard InChI is InChI=1S/C15H25NOS/c1-5-6-16-15(13-7-10(2)17-9-13)14-8-11(3)18-12(14)4/h8,10,13,15-16H,5-7,9H2,1-4H3. The Morgan fingerprint density at radius 2 is 2.28 bits per heavy atom. The van der Waals surface area contributed by atoms with E-state index in [0.29, 0.717) is 18.1 Å². The predicted octanol–water partition coefficient (Wildman–Crippen LogP) is 3.83. The molecule has 3 heteroatoms. The molecule has 2 heterocycles. The van der Waals surface area contributed by atoms with Crippen molar-refractivity contribution in [3.05, 3.63) is 21.4 Å². The van der Waals surface area contributed by atoms with Crippen LogP contribution in [-0.4, -0.2) is 19.3 Å². The lowest BCUT2D eigenvalue weighted by Crippen LogP contribution is -2.29. The normalized spacial score (nSPS) is 25.6. The zero-order chi connectivity index (χ0) is 13.1. The van der Waals surface area contributed by atoms with Gasteiger partial charge in [-0.3, -0.25) is 0 Å². The molecule has 0 aliphatic carbocycles. The second-order valence-corrected chi connectivity index (χ2v) is 6.90. The van der Waals surface area contributed by atoms with E-state index >= 15 is 0 Å². The van der Waals surface area contributed by atoms with Gasteiger partial charge in [-0.1, -0.05) is 6.92 Å². The second kappa shape index (κ2) is 6.18. The van der Waals surface area contributed by atoms with Gasteiger partial charge in [-0.25, -0.2) is 0 Å². The Bertz CT molecular complexity index is 388. The molecule has 3 atom stereocenters. The van der Waals surface area contributed by atoms with Crippen LogP contribution in [0.5, 0.6) is 0 Å². The summed E-state index contributed by atoms with van der Waals surface area (Å²) in [7, 11) is 0. The third-order valence-electron chi connectivity index (χ3n) is 3.73. The molecule has 1 N–H and O–H groups in total. The van der Waals surface area contributed by atoms with Crippen molar-refractivity contribution < 1.29 is 4.74 Å². The van der Waals surface area contributed by atoms with Gasteiger partial charge in [0.15, 0.2) is 0 Å². The Hall–Kier alpha value is -0.380. The lowest BCUT2D eigenvalue weighted by Gasteiger charge is -2.24. The van der Waals surface area contributed by atoms with Gasteiger partial charge in [-0.2, -0.15) is 0 Å². The molecule has 0 spiro atoms. The first-order chi connectivity index (χ1) is 8.61. The SMILES string of the molecule is CCCNC(c1cc(C)sc1C)C1COC(C)C1. The Morgan fingerprint density at radius 1 is 1.50 bits per heavy atom. The number of ether oxygens (including phenoxy) is 1. The number of nitrogens with one attached hydrogen (secondary N) is 1. The zero-order valence-electron chi connectivity index (χ0n) is 12.0. The van der Waals surface area contributed by atoms with E-state index in [0.717, 1.165) is 13.2 Å². The molecule has 1 aromatic heterocycles. The van der Waals surface area contributed by atoms with Crippen molar-refractivity contribution in [2.75, 3.05) is 13.2 Å². The first kappa shape index (κ1) is 14.0. The van der Waals surface area contributed by atoms with E-state index in [9.17, 15) is 0 Å². The van der Waals surface area contributed by atoms with Crippen LogP contribution in [0, 0.1) is 19.8 Å². The average molecular weight is 267 g/mol. The molecule has 1 aromatic rings. The molecule has 2 nitrogen and oxygen atoms in total. The van der Waals surface area contributed by atoms with E-state index in [1.807, 2.05) is 11.3 Å². The molecule has 0 saturated carbocycles. The lowest BCUT2D eigenvalue weighted by molar-refractivity contribution is 0.117. The highest BCUT2D eigenvalue weighted by Crippen LogP contribution is 2.36. The van der Waals surface area contributed by atoms with Crippen molar-refractivity contribution in [3.8, 4) is 0 Å². The Labute approximate surface area is 115 Å². The molecule has 0 amide bonds. The van der Waals surface area contributed by atoms with Crippen LogP contribution in [-0.2, 0) is 4.74 Å². The van der Waals surface area contributed by atoms with E-state index in [1.54, 1.807) is 0 Å². The van der Waals surface area contributed by atoms with Gasteiger partial charge in [0.25, 0.3) is 0 Å². The molecule has 2 rings (SSSR count). The molecule has 1 saturated heterocycles. The Balaban J connectivity index is 2.16. The van der Waals surface area contributed by atoms with Crippen LogP contribution in [0.25, 0.3) is 0 Å². The van der Waals surface area contributed by atoms with Crippen molar-refractivity contribution in [2.24, 2.45) is 5.92 Å². The number of hydrogen-bond donors (Lipinski definition) is 1. The number of rotatable bonds is 5. The van der Waals surface area contributed by atoms with Crippen molar-refractivity contribution >= 4 is 11.3 Å². The zero-order valence-corrected chi connectivity index (χ0v) is 12.8. The van der Waals surface area contributed by atoms with Crippen LogP contribution in [0.1, 0.15) is 48.0 Å². The van der Waals surface area contributed by atoms with Crippen LogP contribution in [0.15, 0.2) is 6.07 Å². The molecule has 1 aliphatic rings. The smallest absolute Gasteiger partial charge is 0.0551 e. The summed E-state index contributed by atoms with van der Waals surface area (Å²) < 4.78 is 5.76. The number of hydrogen-bond acceptors (Lipinski definition) is 3. The highest BCUT2D eigenvalue weighted by molar-refractivity contribution is 7.12.